The number of hydrogen-bond acceptors (Lipinski definition) is 3. The minimum Gasteiger partial charge on any atom is -0.290 e. The summed E-state index contributed by atoms with van der Waals surface area (Å²) in [6.07, 6.45) is 0. The summed E-state index contributed by atoms with van der Waals surface area (Å²) in [7, 11) is 0. The smallest absolute Gasteiger partial charge is 0.133 e. The molecule has 3 heteroatoms. The summed E-state index contributed by atoms with van der Waals surface area (Å²) < 4.78 is 0. The normalized spacial score (nSPS) is 28.4. The molecular weight excluding hydrogens is 204 g/mol. The van der Waals surface area contributed by atoms with Gasteiger partial charge in [0.05, 0.1) is 0 Å². The van der Waals surface area contributed by atoms with Gasteiger partial charge < -0.3 is 0 Å². The number of thioether (sulfide) groups is 1. The van der Waals surface area contributed by atoms with E-state index < -0.39 is 0 Å². The van der Waals surface area contributed by atoms with Gasteiger partial charge in [0, 0.05) is 24.4 Å². The van der Waals surface area contributed by atoms with E-state index in [4.69, 9.17) is 5.26 Å². The van der Waals surface area contributed by atoms with Gasteiger partial charge in [0.1, 0.15) is 5.40 Å². The van der Waals surface area contributed by atoms with Crippen LogP contribution in [0.2, 0.25) is 0 Å². The molecular formula is C12H14N2S. The highest BCUT2D eigenvalue weighted by molar-refractivity contribution is 8.03. The fraction of sp³-hybridized carbons (Fsp3) is 0.417. The van der Waals surface area contributed by atoms with Crippen LogP contribution in [0.5, 0.6) is 0 Å². The second kappa shape index (κ2) is 4.26. The lowest BCUT2D eigenvalue weighted by molar-refractivity contribution is 0.446. The summed E-state index contributed by atoms with van der Waals surface area (Å²) in [5.41, 5.74) is 1.60. The van der Waals surface area contributed by atoms with Crippen LogP contribution in [-0.2, 0) is 6.54 Å². The third-order valence-electron chi connectivity index (χ3n) is 2.86. The lowest BCUT2D eigenvalue weighted by Crippen LogP contribution is -2.16. The summed E-state index contributed by atoms with van der Waals surface area (Å²) in [5, 5.41) is 10.7. The molecule has 1 aromatic rings. The Morgan fingerprint density at radius 3 is 2.87 bits per heavy atom. The molecule has 1 heterocycles. The van der Waals surface area contributed by atoms with Crippen molar-refractivity contribution in [3.05, 3.63) is 35.9 Å². The van der Waals surface area contributed by atoms with Crippen LogP contribution < -0.4 is 0 Å². The highest BCUT2D eigenvalue weighted by Gasteiger charge is 2.46. The average Bonchev–Trinajstić information content (AvgIpc) is 2.88. The zero-order valence-electron chi connectivity index (χ0n) is 8.81. The maximum atomic E-state index is 8.53. The standard InChI is InChI=1S/C12H14N2S/c1-12(9-15-10-13)8-14(12)7-11-5-3-2-4-6-11/h2-6H,7-9H2,1H3. The molecule has 1 saturated heterocycles. The molecule has 0 saturated carbocycles. The molecule has 2 nitrogen and oxygen atoms in total. The number of benzene rings is 1. The van der Waals surface area contributed by atoms with Crippen LogP contribution in [0.1, 0.15) is 12.5 Å². The summed E-state index contributed by atoms with van der Waals surface area (Å²) in [5.74, 6) is 0.913. The van der Waals surface area contributed by atoms with Crippen LogP contribution in [-0.4, -0.2) is 22.7 Å². The van der Waals surface area contributed by atoms with E-state index in [1.807, 2.05) is 6.07 Å². The highest BCUT2D eigenvalue weighted by Crippen LogP contribution is 2.36. The van der Waals surface area contributed by atoms with Crippen molar-refractivity contribution >= 4 is 11.8 Å². The third kappa shape index (κ3) is 2.53. The molecule has 2 unspecified atom stereocenters. The molecule has 2 atom stereocenters. The van der Waals surface area contributed by atoms with Crippen LogP contribution in [0.25, 0.3) is 0 Å². The molecule has 1 aliphatic heterocycles. The first kappa shape index (κ1) is 10.5. The summed E-state index contributed by atoms with van der Waals surface area (Å²) in [6.45, 7) is 4.33. The Labute approximate surface area is 94.9 Å². The number of nitriles is 1. The molecule has 0 radical (unpaired) electrons. The molecule has 15 heavy (non-hydrogen) atoms. The number of thiocyanates is 1. The van der Waals surface area contributed by atoms with Gasteiger partial charge in [-0.1, -0.05) is 30.3 Å². The average molecular weight is 218 g/mol. The predicted molar refractivity (Wildman–Crippen MR) is 63.3 cm³/mol. The first-order chi connectivity index (χ1) is 7.24. The molecule has 0 spiro atoms. The van der Waals surface area contributed by atoms with E-state index in [0.29, 0.717) is 0 Å². The van der Waals surface area contributed by atoms with Crippen molar-refractivity contribution in [2.45, 2.75) is 19.0 Å². The fourth-order valence-corrected chi connectivity index (χ4v) is 2.40. The monoisotopic (exact) mass is 218 g/mol. The van der Waals surface area contributed by atoms with Gasteiger partial charge in [-0.3, -0.25) is 4.90 Å². The van der Waals surface area contributed by atoms with Crippen LogP contribution in [0.4, 0.5) is 0 Å². The SMILES string of the molecule is CC1(CSC#N)CN1Cc1ccccc1. The Hall–Kier alpha value is -0.980. The van der Waals surface area contributed by atoms with Crippen LogP contribution in [0.3, 0.4) is 0 Å². The molecule has 78 valence electrons. The molecule has 1 fully saturated rings. The predicted octanol–water partition coefficient (Wildman–Crippen LogP) is 2.48. The lowest BCUT2D eigenvalue weighted by Gasteiger charge is -2.09. The molecule has 0 bridgehead atoms. The zero-order valence-corrected chi connectivity index (χ0v) is 9.63. The Bertz CT molecular complexity index is 371. The van der Waals surface area contributed by atoms with Crippen molar-refractivity contribution in [1.29, 1.82) is 5.26 Å². The second-order valence-corrected chi connectivity index (χ2v) is 4.98. The molecule has 1 aliphatic rings. The van der Waals surface area contributed by atoms with E-state index in [0.717, 1.165) is 18.8 Å². The van der Waals surface area contributed by atoms with Crippen molar-refractivity contribution in [2.24, 2.45) is 0 Å². The van der Waals surface area contributed by atoms with Gasteiger partial charge in [-0.25, -0.2) is 0 Å². The number of hydrogen-bond donors (Lipinski definition) is 0. The van der Waals surface area contributed by atoms with Crippen LogP contribution in [0, 0.1) is 10.7 Å². The zero-order chi connectivity index (χ0) is 10.7. The first-order valence-corrected chi connectivity index (χ1v) is 6.03. The molecule has 0 aliphatic carbocycles. The van der Waals surface area contributed by atoms with E-state index in [9.17, 15) is 0 Å². The summed E-state index contributed by atoms with van der Waals surface area (Å²) in [4.78, 5) is 2.41. The van der Waals surface area contributed by atoms with Crippen molar-refractivity contribution < 1.29 is 0 Å². The van der Waals surface area contributed by atoms with Gasteiger partial charge in [-0.2, -0.15) is 5.26 Å². The molecule has 2 rings (SSSR count). The quantitative estimate of drug-likeness (QED) is 0.574. The topological polar surface area (TPSA) is 26.8 Å². The molecule has 0 amide bonds. The third-order valence-corrected chi connectivity index (χ3v) is 3.75. The van der Waals surface area contributed by atoms with Crippen molar-refractivity contribution in [3.63, 3.8) is 0 Å². The lowest BCUT2D eigenvalue weighted by atomic mass is 10.2. The number of nitrogens with zero attached hydrogens (tertiary/aromatic N) is 2. The Morgan fingerprint density at radius 1 is 1.47 bits per heavy atom. The van der Waals surface area contributed by atoms with Crippen LogP contribution >= 0.6 is 11.8 Å². The minimum atomic E-state index is 0.246. The molecule has 0 aromatic heterocycles. The minimum absolute atomic E-state index is 0.246. The maximum Gasteiger partial charge on any atom is 0.133 e. The van der Waals surface area contributed by atoms with E-state index in [2.05, 4.69) is 41.5 Å². The number of rotatable bonds is 4. The first-order valence-electron chi connectivity index (χ1n) is 5.04. The second-order valence-electron chi connectivity index (χ2n) is 4.22. The van der Waals surface area contributed by atoms with Gasteiger partial charge in [-0.15, -0.1) is 0 Å². The van der Waals surface area contributed by atoms with E-state index in [1.54, 1.807) is 0 Å². The Kier molecular flexibility index (Phi) is 2.99. The van der Waals surface area contributed by atoms with E-state index >= 15 is 0 Å². The van der Waals surface area contributed by atoms with Gasteiger partial charge in [0.25, 0.3) is 0 Å². The largest absolute Gasteiger partial charge is 0.290 e. The van der Waals surface area contributed by atoms with Gasteiger partial charge in [0.15, 0.2) is 0 Å². The van der Waals surface area contributed by atoms with Crippen LogP contribution in [0.15, 0.2) is 30.3 Å². The van der Waals surface area contributed by atoms with Gasteiger partial charge >= 0.3 is 0 Å². The molecule has 0 N–H and O–H groups in total. The Balaban J connectivity index is 1.87. The van der Waals surface area contributed by atoms with Gasteiger partial charge in [-0.05, 0) is 24.2 Å². The highest BCUT2D eigenvalue weighted by atomic mass is 32.2. The van der Waals surface area contributed by atoms with Crippen molar-refractivity contribution in [2.75, 3.05) is 12.3 Å². The van der Waals surface area contributed by atoms with E-state index in [1.165, 1.54) is 17.3 Å². The van der Waals surface area contributed by atoms with Crippen molar-refractivity contribution in [3.8, 4) is 5.40 Å². The van der Waals surface area contributed by atoms with Gasteiger partial charge in [0.2, 0.25) is 0 Å². The fourth-order valence-electron chi connectivity index (χ4n) is 1.75. The Morgan fingerprint density at radius 2 is 2.20 bits per heavy atom. The van der Waals surface area contributed by atoms with Crippen molar-refractivity contribution in [1.82, 2.24) is 4.90 Å². The maximum absolute atomic E-state index is 8.53. The summed E-state index contributed by atoms with van der Waals surface area (Å²) >= 11 is 1.36. The summed E-state index contributed by atoms with van der Waals surface area (Å²) in [6, 6.07) is 10.5. The molecule has 1 aromatic carbocycles. The van der Waals surface area contributed by atoms with E-state index in [-0.39, 0.29) is 5.54 Å².